The van der Waals surface area contributed by atoms with Crippen molar-refractivity contribution in [2.24, 2.45) is 0 Å². The van der Waals surface area contributed by atoms with Crippen LogP contribution < -0.4 is 0 Å². The lowest BCUT2D eigenvalue weighted by molar-refractivity contribution is -0.142. The molecule has 0 aromatic carbocycles. The third-order valence-corrected chi connectivity index (χ3v) is 1.74. The Morgan fingerprint density at radius 1 is 1.62 bits per heavy atom. The number of carbonyl (C=O) groups is 1. The summed E-state index contributed by atoms with van der Waals surface area (Å²) in [7, 11) is -5.59. The lowest BCUT2D eigenvalue weighted by Gasteiger charge is -2.11. The molecule has 74 valence electrons. The Bertz CT molecular complexity index is 338. The Morgan fingerprint density at radius 2 is 2.08 bits per heavy atom. The van der Waals surface area contributed by atoms with Crippen LogP contribution in [0.25, 0.3) is 0 Å². The average Bonchev–Trinajstić information content (AvgIpc) is 1.98. The summed E-state index contributed by atoms with van der Waals surface area (Å²) in [6, 6.07) is 0. The van der Waals surface area contributed by atoms with E-state index in [2.05, 4.69) is 11.2 Å². The lowest BCUT2D eigenvalue weighted by atomic mass is 10.7. The predicted octanol–water partition coefficient (Wildman–Crippen LogP) is -0.357. The molecule has 0 aliphatic rings. The highest BCUT2D eigenvalue weighted by Gasteiger charge is 2.45. The molecular formula is C5H4F2O5S. The summed E-state index contributed by atoms with van der Waals surface area (Å²) in [6.07, 6.45) is 4.43. The first kappa shape index (κ1) is 11.8. The Hall–Kier alpha value is -1.20. The van der Waals surface area contributed by atoms with Crippen molar-refractivity contribution in [2.75, 3.05) is 6.61 Å². The normalized spacial score (nSPS) is 11.8. The number of hydrogen-bond donors (Lipinski definition) is 1. The quantitative estimate of drug-likeness (QED) is 0.300. The maximum absolute atomic E-state index is 12.2. The maximum Gasteiger partial charge on any atom is 0.402 e. The molecule has 0 aromatic heterocycles. The minimum Gasteiger partial charge on any atom is -0.448 e. The number of rotatable bonds is 3. The zero-order valence-corrected chi connectivity index (χ0v) is 6.85. The monoisotopic (exact) mass is 214 g/mol. The van der Waals surface area contributed by atoms with Crippen LogP contribution in [0.3, 0.4) is 0 Å². The number of alkyl halides is 2. The SMILES string of the molecule is C#CC(=O)OCC(F)(F)S(=O)(=O)O. The van der Waals surface area contributed by atoms with E-state index in [1.54, 1.807) is 0 Å². The second-order valence-electron chi connectivity index (χ2n) is 1.83. The summed E-state index contributed by atoms with van der Waals surface area (Å²) in [5, 5.41) is -4.54. The van der Waals surface area contributed by atoms with E-state index in [1.807, 2.05) is 0 Å². The van der Waals surface area contributed by atoms with Gasteiger partial charge in [0.1, 0.15) is 0 Å². The van der Waals surface area contributed by atoms with E-state index in [4.69, 9.17) is 4.55 Å². The van der Waals surface area contributed by atoms with Gasteiger partial charge in [0.15, 0.2) is 6.61 Å². The van der Waals surface area contributed by atoms with Crippen LogP contribution in [0.2, 0.25) is 0 Å². The van der Waals surface area contributed by atoms with Gasteiger partial charge in [-0.05, 0) is 0 Å². The molecular weight excluding hydrogens is 210 g/mol. The van der Waals surface area contributed by atoms with Gasteiger partial charge in [-0.25, -0.2) is 4.79 Å². The van der Waals surface area contributed by atoms with Gasteiger partial charge in [0.25, 0.3) is 0 Å². The number of hydrogen-bond acceptors (Lipinski definition) is 4. The van der Waals surface area contributed by atoms with Crippen LogP contribution in [0, 0.1) is 12.3 Å². The van der Waals surface area contributed by atoms with Gasteiger partial charge in [-0.3, -0.25) is 4.55 Å². The number of terminal acetylenes is 1. The first-order valence-corrected chi connectivity index (χ1v) is 4.13. The van der Waals surface area contributed by atoms with Gasteiger partial charge in [-0.1, -0.05) is 0 Å². The molecule has 1 N–H and O–H groups in total. The largest absolute Gasteiger partial charge is 0.448 e. The molecule has 0 rings (SSSR count). The van der Waals surface area contributed by atoms with Crippen molar-refractivity contribution >= 4 is 16.1 Å². The van der Waals surface area contributed by atoms with Gasteiger partial charge in [0, 0.05) is 5.92 Å². The molecule has 0 fully saturated rings. The van der Waals surface area contributed by atoms with Gasteiger partial charge in [-0.2, -0.15) is 17.2 Å². The zero-order valence-electron chi connectivity index (χ0n) is 6.03. The molecule has 5 nitrogen and oxygen atoms in total. The molecule has 0 aliphatic carbocycles. The second kappa shape index (κ2) is 3.68. The fourth-order valence-electron chi connectivity index (χ4n) is 0.266. The van der Waals surface area contributed by atoms with Gasteiger partial charge in [-0.15, -0.1) is 6.42 Å². The van der Waals surface area contributed by atoms with Crippen molar-refractivity contribution in [2.45, 2.75) is 5.25 Å². The highest BCUT2D eigenvalue weighted by molar-refractivity contribution is 7.86. The fourth-order valence-corrected chi connectivity index (χ4v) is 0.474. The van der Waals surface area contributed by atoms with E-state index >= 15 is 0 Å². The maximum atomic E-state index is 12.2. The Balaban J connectivity index is 4.40. The first-order chi connectivity index (χ1) is 5.70. The molecule has 13 heavy (non-hydrogen) atoms. The van der Waals surface area contributed by atoms with Crippen LogP contribution in [0.5, 0.6) is 0 Å². The molecule has 0 heterocycles. The molecule has 0 atom stereocenters. The molecule has 0 aliphatic heterocycles. The second-order valence-corrected chi connectivity index (χ2v) is 3.38. The Morgan fingerprint density at radius 3 is 2.38 bits per heavy atom. The molecule has 0 saturated carbocycles. The standard InChI is InChI=1S/C5H4F2O5S/c1-2-4(8)12-3-5(6,7)13(9,10)11/h1H,3H2,(H,9,10,11). The highest BCUT2D eigenvalue weighted by Crippen LogP contribution is 2.20. The Labute approximate surface area is 72.4 Å². The average molecular weight is 214 g/mol. The predicted molar refractivity (Wildman–Crippen MR) is 36.3 cm³/mol. The minimum atomic E-state index is -5.59. The summed E-state index contributed by atoms with van der Waals surface area (Å²) >= 11 is 0. The summed E-state index contributed by atoms with van der Waals surface area (Å²) in [5.41, 5.74) is 0. The van der Waals surface area contributed by atoms with E-state index in [1.165, 1.54) is 5.92 Å². The van der Waals surface area contributed by atoms with Crippen molar-refractivity contribution in [3.8, 4) is 12.3 Å². The summed E-state index contributed by atoms with van der Waals surface area (Å²) in [6.45, 7) is -1.81. The van der Waals surface area contributed by atoms with Crippen LogP contribution in [-0.2, 0) is 19.6 Å². The molecule has 8 heteroatoms. The molecule has 0 aromatic rings. The van der Waals surface area contributed by atoms with Gasteiger partial charge in [0.05, 0.1) is 0 Å². The van der Waals surface area contributed by atoms with Crippen molar-refractivity contribution in [3.05, 3.63) is 0 Å². The fraction of sp³-hybridized carbons (Fsp3) is 0.400. The third-order valence-electron chi connectivity index (χ3n) is 0.867. The van der Waals surface area contributed by atoms with Crippen LogP contribution in [0.4, 0.5) is 8.78 Å². The van der Waals surface area contributed by atoms with Crippen molar-refractivity contribution < 1.29 is 31.3 Å². The summed E-state index contributed by atoms with van der Waals surface area (Å²) in [5.74, 6) is -0.123. The number of carbonyl (C=O) groups excluding carboxylic acids is 1. The van der Waals surface area contributed by atoms with Crippen LogP contribution >= 0.6 is 0 Å². The van der Waals surface area contributed by atoms with Gasteiger partial charge < -0.3 is 4.74 Å². The zero-order chi connectivity index (χ0) is 10.7. The van der Waals surface area contributed by atoms with Crippen LogP contribution in [0.1, 0.15) is 0 Å². The molecule has 0 amide bonds. The molecule has 0 saturated heterocycles. The van der Waals surface area contributed by atoms with Crippen molar-refractivity contribution in [1.82, 2.24) is 0 Å². The lowest BCUT2D eigenvalue weighted by Crippen LogP contribution is -2.34. The molecule has 0 unspecified atom stereocenters. The van der Waals surface area contributed by atoms with Crippen molar-refractivity contribution in [3.63, 3.8) is 0 Å². The van der Waals surface area contributed by atoms with E-state index in [-0.39, 0.29) is 0 Å². The van der Waals surface area contributed by atoms with E-state index in [0.29, 0.717) is 0 Å². The minimum absolute atomic E-state index is 1.32. The van der Waals surface area contributed by atoms with Gasteiger partial charge in [0.2, 0.25) is 0 Å². The molecule has 0 spiro atoms. The van der Waals surface area contributed by atoms with Crippen LogP contribution in [-0.4, -0.2) is 30.8 Å². The van der Waals surface area contributed by atoms with Crippen LogP contribution in [0.15, 0.2) is 0 Å². The van der Waals surface area contributed by atoms with E-state index < -0.39 is 27.9 Å². The van der Waals surface area contributed by atoms with Gasteiger partial charge >= 0.3 is 21.3 Å². The van der Waals surface area contributed by atoms with E-state index in [0.717, 1.165) is 0 Å². The Kier molecular flexibility index (Phi) is 3.34. The topological polar surface area (TPSA) is 80.7 Å². The number of ether oxygens (including phenoxy) is 1. The molecule has 0 radical (unpaired) electrons. The molecule has 0 bridgehead atoms. The summed E-state index contributed by atoms with van der Waals surface area (Å²) in [4.78, 5) is 10.1. The first-order valence-electron chi connectivity index (χ1n) is 2.69. The highest BCUT2D eigenvalue weighted by atomic mass is 32.2. The third kappa shape index (κ3) is 3.35. The van der Waals surface area contributed by atoms with Crippen molar-refractivity contribution in [1.29, 1.82) is 0 Å². The van der Waals surface area contributed by atoms with E-state index in [9.17, 15) is 22.0 Å². The number of esters is 1. The smallest absolute Gasteiger partial charge is 0.402 e. The number of halogens is 2. The summed E-state index contributed by atoms with van der Waals surface area (Å²) < 4.78 is 55.8.